The van der Waals surface area contributed by atoms with E-state index >= 15 is 0 Å². The summed E-state index contributed by atoms with van der Waals surface area (Å²) in [5.74, 6) is -3.05. The van der Waals surface area contributed by atoms with Gasteiger partial charge in [-0.05, 0) is 23.8 Å². The minimum Gasteiger partial charge on any atom is -0.458 e. The van der Waals surface area contributed by atoms with Gasteiger partial charge in [-0.25, -0.2) is 4.39 Å². The lowest BCUT2D eigenvalue weighted by Crippen LogP contribution is -2.60. The van der Waals surface area contributed by atoms with Crippen molar-refractivity contribution in [1.29, 1.82) is 0 Å². The Balaban J connectivity index is 2.00. The zero-order valence-corrected chi connectivity index (χ0v) is 16.2. The van der Waals surface area contributed by atoms with Gasteiger partial charge < -0.3 is 29.9 Å². The highest BCUT2D eigenvalue weighted by Gasteiger charge is 2.46. The SMILES string of the molecule is OC[C@H]1O[C@H](Oc2c(F)cc(-c3ccc(C(F)(F)F)nc3)cc2C(F)(F)F)[C@@H](O)[C@@H](O)[C@@H]1O. The van der Waals surface area contributed by atoms with E-state index in [-0.39, 0.29) is 5.56 Å². The number of rotatable bonds is 4. The maximum atomic E-state index is 14.7. The van der Waals surface area contributed by atoms with Crippen LogP contribution in [0.4, 0.5) is 30.7 Å². The predicted molar refractivity (Wildman–Crippen MR) is 94.0 cm³/mol. The average Bonchev–Trinajstić information content (AvgIpc) is 2.73. The molecule has 14 heteroatoms. The molecule has 0 spiro atoms. The maximum absolute atomic E-state index is 14.7. The number of aliphatic hydroxyl groups is 4. The molecule has 0 unspecified atom stereocenters. The van der Waals surface area contributed by atoms with Gasteiger partial charge in [-0.3, -0.25) is 4.98 Å². The van der Waals surface area contributed by atoms with Gasteiger partial charge in [0.1, 0.15) is 35.7 Å². The summed E-state index contributed by atoms with van der Waals surface area (Å²) in [7, 11) is 0. The summed E-state index contributed by atoms with van der Waals surface area (Å²) in [6.45, 7) is -0.903. The van der Waals surface area contributed by atoms with Crippen LogP contribution in [0.25, 0.3) is 11.1 Å². The second-order valence-electron chi connectivity index (χ2n) is 7.08. The van der Waals surface area contributed by atoms with Crippen molar-refractivity contribution in [3.8, 4) is 16.9 Å². The summed E-state index contributed by atoms with van der Waals surface area (Å²) in [5.41, 5.74) is -3.73. The molecule has 33 heavy (non-hydrogen) atoms. The van der Waals surface area contributed by atoms with Gasteiger partial charge in [-0.2, -0.15) is 26.3 Å². The normalized spacial score (nSPS) is 26.3. The molecule has 0 amide bonds. The molecule has 0 radical (unpaired) electrons. The van der Waals surface area contributed by atoms with E-state index in [1.165, 1.54) is 0 Å². The van der Waals surface area contributed by atoms with E-state index in [1.807, 2.05) is 0 Å². The van der Waals surface area contributed by atoms with Crippen molar-refractivity contribution in [2.75, 3.05) is 6.61 Å². The smallest absolute Gasteiger partial charge is 0.433 e. The Morgan fingerprint density at radius 3 is 2.09 bits per heavy atom. The number of ether oxygens (including phenoxy) is 2. The second-order valence-corrected chi connectivity index (χ2v) is 7.08. The van der Waals surface area contributed by atoms with Crippen LogP contribution in [-0.4, -0.2) is 62.7 Å². The van der Waals surface area contributed by atoms with Crippen molar-refractivity contribution >= 4 is 0 Å². The number of aromatic nitrogens is 1. The van der Waals surface area contributed by atoms with Gasteiger partial charge in [0.05, 0.1) is 6.61 Å². The van der Waals surface area contributed by atoms with Gasteiger partial charge in [0.25, 0.3) is 0 Å². The molecule has 0 bridgehead atoms. The molecular weight excluding hydrogens is 471 g/mol. The van der Waals surface area contributed by atoms with Crippen LogP contribution < -0.4 is 4.74 Å². The van der Waals surface area contributed by atoms with Crippen LogP contribution >= 0.6 is 0 Å². The monoisotopic (exact) mass is 487 g/mol. The number of alkyl halides is 6. The van der Waals surface area contributed by atoms with Gasteiger partial charge in [-0.15, -0.1) is 0 Å². The van der Waals surface area contributed by atoms with Crippen LogP contribution in [0.3, 0.4) is 0 Å². The lowest BCUT2D eigenvalue weighted by Gasteiger charge is -2.39. The Kier molecular flexibility index (Phi) is 6.87. The molecule has 2 aromatic rings. The van der Waals surface area contributed by atoms with Gasteiger partial charge in [-0.1, -0.05) is 6.07 Å². The van der Waals surface area contributed by atoms with Crippen LogP contribution in [0.5, 0.6) is 5.75 Å². The minimum absolute atomic E-state index is 0.258. The molecule has 7 nitrogen and oxygen atoms in total. The Hall–Kier alpha value is -2.52. The topological polar surface area (TPSA) is 112 Å². The summed E-state index contributed by atoms with van der Waals surface area (Å²) in [6, 6.07) is 2.26. The molecule has 4 N–H and O–H groups in total. The Bertz CT molecular complexity index is 980. The highest BCUT2D eigenvalue weighted by Crippen LogP contribution is 2.42. The first kappa shape index (κ1) is 25.1. The number of nitrogens with zero attached hydrogens (tertiary/aromatic N) is 1. The standard InChI is InChI=1S/C19H16F7NO6/c20-10-4-8(7-1-2-12(27-5-7)19(24,25)26)3-9(18(21,22)23)16(10)33-17-15(31)14(30)13(29)11(6-28)32-17/h1-5,11,13-15,17,28-31H,6H2/t11-,13-,14+,15+,17-/m1/s1. The van der Waals surface area contributed by atoms with Gasteiger partial charge >= 0.3 is 12.4 Å². The number of pyridine rings is 1. The molecule has 0 aliphatic carbocycles. The Morgan fingerprint density at radius 1 is 0.909 bits per heavy atom. The highest BCUT2D eigenvalue weighted by atomic mass is 19.4. The Morgan fingerprint density at radius 2 is 1.58 bits per heavy atom. The number of benzene rings is 1. The summed E-state index contributed by atoms with van der Waals surface area (Å²) >= 11 is 0. The maximum Gasteiger partial charge on any atom is 0.433 e. The zero-order valence-electron chi connectivity index (χ0n) is 16.2. The van der Waals surface area contributed by atoms with Crippen molar-refractivity contribution in [2.45, 2.75) is 43.1 Å². The molecule has 182 valence electrons. The van der Waals surface area contributed by atoms with Crippen LogP contribution in [0.2, 0.25) is 0 Å². The lowest BCUT2D eigenvalue weighted by atomic mass is 9.99. The summed E-state index contributed by atoms with van der Waals surface area (Å²) < 4.78 is 103. The summed E-state index contributed by atoms with van der Waals surface area (Å²) in [4.78, 5) is 3.12. The van der Waals surface area contributed by atoms with E-state index in [4.69, 9.17) is 14.6 Å². The quantitative estimate of drug-likeness (QED) is 0.489. The molecule has 1 aliphatic heterocycles. The second kappa shape index (κ2) is 9.02. The number of halogens is 7. The molecule has 0 saturated carbocycles. The van der Waals surface area contributed by atoms with Gasteiger partial charge in [0.15, 0.2) is 11.6 Å². The van der Waals surface area contributed by atoms with Crippen LogP contribution in [-0.2, 0) is 17.1 Å². The first-order valence-electron chi connectivity index (χ1n) is 9.15. The van der Waals surface area contributed by atoms with E-state index in [9.17, 15) is 46.1 Å². The Labute approximate surface area is 180 Å². The van der Waals surface area contributed by atoms with Gasteiger partial charge in [0, 0.05) is 11.8 Å². The third-order valence-electron chi connectivity index (χ3n) is 4.82. The molecule has 1 aromatic carbocycles. The molecule has 2 heterocycles. The van der Waals surface area contributed by atoms with E-state index < -0.39 is 78.1 Å². The van der Waals surface area contributed by atoms with Crippen LogP contribution in [0, 0.1) is 5.82 Å². The fourth-order valence-corrected chi connectivity index (χ4v) is 3.10. The molecule has 3 rings (SSSR count). The third kappa shape index (κ3) is 5.19. The fourth-order valence-electron chi connectivity index (χ4n) is 3.10. The summed E-state index contributed by atoms with van der Waals surface area (Å²) in [6.07, 6.45) is -18.9. The third-order valence-corrected chi connectivity index (χ3v) is 4.82. The zero-order chi connectivity index (χ0) is 24.7. The molecular formula is C19H16F7NO6. The van der Waals surface area contributed by atoms with Gasteiger partial charge in [0.2, 0.25) is 6.29 Å². The molecule has 1 fully saturated rings. The van der Waals surface area contributed by atoms with Crippen molar-refractivity contribution in [3.63, 3.8) is 0 Å². The van der Waals surface area contributed by atoms with Crippen molar-refractivity contribution < 1.29 is 60.6 Å². The predicted octanol–water partition coefficient (Wildman–Crippen LogP) is 2.10. The number of hydrogen-bond donors (Lipinski definition) is 4. The first-order valence-corrected chi connectivity index (χ1v) is 9.15. The van der Waals surface area contributed by atoms with E-state index in [2.05, 4.69) is 4.98 Å². The van der Waals surface area contributed by atoms with Crippen molar-refractivity contribution in [3.05, 3.63) is 47.5 Å². The van der Waals surface area contributed by atoms with E-state index in [0.717, 1.165) is 6.07 Å². The van der Waals surface area contributed by atoms with E-state index in [0.29, 0.717) is 24.4 Å². The van der Waals surface area contributed by atoms with Crippen molar-refractivity contribution in [1.82, 2.24) is 4.98 Å². The minimum atomic E-state index is -5.22. The van der Waals surface area contributed by atoms with Crippen molar-refractivity contribution in [2.24, 2.45) is 0 Å². The molecule has 5 atom stereocenters. The highest BCUT2D eigenvalue weighted by molar-refractivity contribution is 5.66. The number of hydrogen-bond acceptors (Lipinski definition) is 7. The largest absolute Gasteiger partial charge is 0.458 e. The number of aliphatic hydroxyl groups excluding tert-OH is 4. The molecule has 1 saturated heterocycles. The van der Waals surface area contributed by atoms with Crippen LogP contribution in [0.1, 0.15) is 11.3 Å². The molecule has 1 aromatic heterocycles. The van der Waals surface area contributed by atoms with E-state index in [1.54, 1.807) is 0 Å². The fraction of sp³-hybridized carbons (Fsp3) is 0.421. The summed E-state index contributed by atoms with van der Waals surface area (Å²) in [5, 5.41) is 38.6. The first-order chi connectivity index (χ1) is 15.2. The lowest BCUT2D eigenvalue weighted by molar-refractivity contribution is -0.278. The molecule has 1 aliphatic rings. The van der Waals surface area contributed by atoms with Crippen LogP contribution in [0.15, 0.2) is 30.5 Å². The average molecular weight is 487 g/mol.